The average molecular weight is 203 g/mol. The molecule has 0 saturated heterocycles. The fourth-order valence-electron chi connectivity index (χ4n) is 1.82. The molecular weight excluding hydrogens is 190 g/mol. The van der Waals surface area contributed by atoms with Crippen LogP contribution in [-0.4, -0.2) is 17.1 Å². The Morgan fingerprint density at radius 3 is 3.07 bits per heavy atom. The van der Waals surface area contributed by atoms with E-state index in [0.717, 1.165) is 19.3 Å². The molecule has 2 rings (SSSR count). The van der Waals surface area contributed by atoms with Gasteiger partial charge in [-0.2, -0.15) is 5.26 Å². The number of hydrogen-bond acceptors (Lipinski definition) is 4. The highest BCUT2D eigenvalue weighted by molar-refractivity contribution is 5.30. The van der Waals surface area contributed by atoms with E-state index in [-0.39, 0.29) is 12.1 Å². The van der Waals surface area contributed by atoms with Gasteiger partial charge in [0.15, 0.2) is 0 Å². The molecular formula is C11H13N3O. The third-order valence-electron chi connectivity index (χ3n) is 2.64. The van der Waals surface area contributed by atoms with Gasteiger partial charge in [0.05, 0.1) is 0 Å². The number of pyridine rings is 1. The molecule has 1 aromatic rings. The monoisotopic (exact) mass is 203 g/mol. The molecule has 4 heteroatoms. The molecule has 78 valence electrons. The Morgan fingerprint density at radius 2 is 2.40 bits per heavy atom. The van der Waals surface area contributed by atoms with Gasteiger partial charge in [0.1, 0.15) is 23.6 Å². The van der Waals surface area contributed by atoms with E-state index >= 15 is 0 Å². The molecule has 0 radical (unpaired) electrons. The number of rotatable bonds is 2. The normalized spacial score (nSPS) is 24.8. The third-order valence-corrected chi connectivity index (χ3v) is 2.64. The Hall–Kier alpha value is -1.60. The van der Waals surface area contributed by atoms with Crippen LogP contribution in [0.25, 0.3) is 0 Å². The second kappa shape index (κ2) is 4.28. The first-order valence-electron chi connectivity index (χ1n) is 5.08. The van der Waals surface area contributed by atoms with Crippen LogP contribution in [0.2, 0.25) is 0 Å². The molecule has 0 amide bonds. The highest BCUT2D eigenvalue weighted by Crippen LogP contribution is 2.23. The van der Waals surface area contributed by atoms with Crippen molar-refractivity contribution in [1.29, 1.82) is 5.26 Å². The van der Waals surface area contributed by atoms with E-state index in [2.05, 4.69) is 4.98 Å². The molecule has 1 aliphatic rings. The molecule has 0 bridgehead atoms. The van der Waals surface area contributed by atoms with Crippen LogP contribution in [0.4, 0.5) is 0 Å². The lowest BCUT2D eigenvalue weighted by atomic mass is 10.2. The predicted molar refractivity (Wildman–Crippen MR) is 55.2 cm³/mol. The van der Waals surface area contributed by atoms with Gasteiger partial charge in [0.25, 0.3) is 0 Å². The molecule has 2 unspecified atom stereocenters. The molecule has 1 fully saturated rings. The third kappa shape index (κ3) is 2.25. The van der Waals surface area contributed by atoms with Crippen LogP contribution in [0.1, 0.15) is 25.0 Å². The van der Waals surface area contributed by atoms with Gasteiger partial charge in [-0.15, -0.1) is 0 Å². The lowest BCUT2D eigenvalue weighted by molar-refractivity contribution is 0.191. The van der Waals surface area contributed by atoms with Crippen LogP contribution >= 0.6 is 0 Å². The fraction of sp³-hybridized carbons (Fsp3) is 0.455. The van der Waals surface area contributed by atoms with Crippen LogP contribution in [0.5, 0.6) is 5.75 Å². The molecule has 1 aromatic heterocycles. The second-order valence-electron chi connectivity index (χ2n) is 3.74. The molecule has 1 aliphatic carbocycles. The molecule has 1 heterocycles. The largest absolute Gasteiger partial charge is 0.489 e. The van der Waals surface area contributed by atoms with Crippen molar-refractivity contribution < 1.29 is 4.74 Å². The minimum atomic E-state index is 0.0824. The fourth-order valence-corrected chi connectivity index (χ4v) is 1.82. The highest BCUT2D eigenvalue weighted by atomic mass is 16.5. The van der Waals surface area contributed by atoms with E-state index in [1.54, 1.807) is 18.3 Å². The van der Waals surface area contributed by atoms with E-state index in [1.807, 2.05) is 6.07 Å². The maximum absolute atomic E-state index is 8.68. The molecule has 2 N–H and O–H groups in total. The number of aromatic nitrogens is 1. The zero-order chi connectivity index (χ0) is 10.7. The van der Waals surface area contributed by atoms with Crippen LogP contribution in [0.3, 0.4) is 0 Å². The van der Waals surface area contributed by atoms with Gasteiger partial charge < -0.3 is 10.5 Å². The van der Waals surface area contributed by atoms with Crippen molar-refractivity contribution in [3.8, 4) is 11.8 Å². The zero-order valence-electron chi connectivity index (χ0n) is 8.39. The number of nitriles is 1. The van der Waals surface area contributed by atoms with Crippen molar-refractivity contribution in [2.24, 2.45) is 5.73 Å². The SMILES string of the molecule is N#Cc1cc(OC2CCCC2N)ccn1. The van der Waals surface area contributed by atoms with Gasteiger partial charge in [-0.05, 0) is 25.3 Å². The second-order valence-corrected chi connectivity index (χ2v) is 3.74. The van der Waals surface area contributed by atoms with Crippen LogP contribution in [0.15, 0.2) is 18.3 Å². The topological polar surface area (TPSA) is 71.9 Å². The first-order chi connectivity index (χ1) is 7.29. The van der Waals surface area contributed by atoms with E-state index in [1.165, 1.54) is 0 Å². The van der Waals surface area contributed by atoms with Crippen molar-refractivity contribution in [2.75, 3.05) is 0 Å². The average Bonchev–Trinajstić information content (AvgIpc) is 2.65. The highest BCUT2D eigenvalue weighted by Gasteiger charge is 2.25. The number of nitrogens with two attached hydrogens (primary N) is 1. The van der Waals surface area contributed by atoms with Crippen molar-refractivity contribution in [2.45, 2.75) is 31.4 Å². The van der Waals surface area contributed by atoms with E-state index < -0.39 is 0 Å². The van der Waals surface area contributed by atoms with Crippen molar-refractivity contribution >= 4 is 0 Å². The quantitative estimate of drug-likeness (QED) is 0.784. The number of nitrogens with zero attached hydrogens (tertiary/aromatic N) is 2. The molecule has 4 nitrogen and oxygen atoms in total. The van der Waals surface area contributed by atoms with Gasteiger partial charge in [-0.3, -0.25) is 0 Å². The van der Waals surface area contributed by atoms with Crippen LogP contribution in [-0.2, 0) is 0 Å². The summed E-state index contributed by atoms with van der Waals surface area (Å²) in [6, 6.07) is 5.50. The molecule has 0 aromatic carbocycles. The molecule has 1 saturated carbocycles. The molecule has 2 atom stereocenters. The summed E-state index contributed by atoms with van der Waals surface area (Å²) in [7, 11) is 0. The van der Waals surface area contributed by atoms with Gasteiger partial charge in [0, 0.05) is 18.3 Å². The zero-order valence-corrected chi connectivity index (χ0v) is 8.39. The summed E-state index contributed by atoms with van der Waals surface area (Å²) in [6.45, 7) is 0. The van der Waals surface area contributed by atoms with Gasteiger partial charge in [-0.25, -0.2) is 4.98 Å². The van der Waals surface area contributed by atoms with Crippen molar-refractivity contribution in [3.63, 3.8) is 0 Å². The Morgan fingerprint density at radius 1 is 1.53 bits per heavy atom. The maximum atomic E-state index is 8.68. The van der Waals surface area contributed by atoms with E-state index in [0.29, 0.717) is 11.4 Å². The van der Waals surface area contributed by atoms with E-state index in [9.17, 15) is 0 Å². The summed E-state index contributed by atoms with van der Waals surface area (Å²) in [4.78, 5) is 3.88. The lowest BCUT2D eigenvalue weighted by Crippen LogP contribution is -2.33. The smallest absolute Gasteiger partial charge is 0.144 e. The van der Waals surface area contributed by atoms with Crippen LogP contribution < -0.4 is 10.5 Å². The summed E-state index contributed by atoms with van der Waals surface area (Å²) in [5.41, 5.74) is 6.27. The summed E-state index contributed by atoms with van der Waals surface area (Å²) < 4.78 is 5.71. The van der Waals surface area contributed by atoms with Crippen LogP contribution in [0, 0.1) is 11.3 Å². The van der Waals surface area contributed by atoms with Gasteiger partial charge in [0.2, 0.25) is 0 Å². The van der Waals surface area contributed by atoms with Gasteiger partial charge in [-0.1, -0.05) is 0 Å². The minimum Gasteiger partial charge on any atom is -0.489 e. The summed E-state index contributed by atoms with van der Waals surface area (Å²) in [5, 5.41) is 8.68. The Labute approximate surface area is 88.7 Å². The predicted octanol–water partition coefficient (Wildman–Crippen LogP) is 1.21. The number of ether oxygens (including phenoxy) is 1. The summed E-state index contributed by atoms with van der Waals surface area (Å²) in [5.74, 6) is 0.684. The Bertz CT molecular complexity index is 386. The first kappa shape index (κ1) is 9.94. The molecule has 15 heavy (non-hydrogen) atoms. The molecule has 0 spiro atoms. The Kier molecular flexibility index (Phi) is 2.84. The number of hydrogen-bond donors (Lipinski definition) is 1. The van der Waals surface area contributed by atoms with Crippen molar-refractivity contribution in [1.82, 2.24) is 4.98 Å². The Balaban J connectivity index is 2.07. The first-order valence-corrected chi connectivity index (χ1v) is 5.08. The maximum Gasteiger partial charge on any atom is 0.144 e. The molecule has 0 aliphatic heterocycles. The lowest BCUT2D eigenvalue weighted by Gasteiger charge is -2.17. The summed E-state index contributed by atoms with van der Waals surface area (Å²) in [6.07, 6.45) is 4.78. The standard InChI is InChI=1S/C11H13N3O/c12-7-8-6-9(4-5-14-8)15-11-3-1-2-10(11)13/h4-6,10-11H,1-3,13H2. The van der Waals surface area contributed by atoms with Crippen molar-refractivity contribution in [3.05, 3.63) is 24.0 Å². The minimum absolute atomic E-state index is 0.0824. The van der Waals surface area contributed by atoms with Gasteiger partial charge >= 0.3 is 0 Å². The summed E-state index contributed by atoms with van der Waals surface area (Å²) >= 11 is 0. The van der Waals surface area contributed by atoms with E-state index in [4.69, 9.17) is 15.7 Å².